The number of amides is 4. The van der Waals surface area contributed by atoms with Crippen LogP contribution in [0.2, 0.25) is 0 Å². The maximum atomic E-state index is 14.0. The van der Waals surface area contributed by atoms with Crippen LogP contribution in [0.15, 0.2) is 46.5 Å². The molecule has 2 aromatic carbocycles. The van der Waals surface area contributed by atoms with Gasteiger partial charge >= 0.3 is 12.4 Å². The Hall–Kier alpha value is -5.44. The number of nitrogens with zero attached hydrogens (tertiary/aromatic N) is 3. The van der Waals surface area contributed by atoms with E-state index in [1.807, 2.05) is 6.92 Å². The zero-order valence-corrected chi connectivity index (χ0v) is 31.2. The first kappa shape index (κ1) is 45.0. The summed E-state index contributed by atoms with van der Waals surface area (Å²) in [6.07, 6.45) is -6.14. The molecule has 304 valence electrons. The number of thioether (sulfide) groups is 1. The van der Waals surface area contributed by atoms with Crippen LogP contribution in [0, 0.1) is 6.92 Å². The number of halogens is 6. The molecule has 0 bridgehead atoms. The average Bonchev–Trinajstić information content (AvgIpc) is 3.11. The molecule has 56 heavy (non-hydrogen) atoms. The van der Waals surface area contributed by atoms with Crippen LogP contribution >= 0.6 is 11.8 Å². The zero-order valence-electron chi connectivity index (χ0n) is 30.4. The molecule has 0 fully saturated rings. The summed E-state index contributed by atoms with van der Waals surface area (Å²) in [5, 5.41) is 9.59. The minimum Gasteiger partial charge on any atom is -0.370 e. The van der Waals surface area contributed by atoms with Crippen molar-refractivity contribution in [3.8, 4) is 0 Å². The third kappa shape index (κ3) is 13.7. The van der Waals surface area contributed by atoms with E-state index in [2.05, 4.69) is 36.2 Å². The fraction of sp³-hybridized carbons (Fsp3) is 0.400. The lowest BCUT2D eigenvalue weighted by Gasteiger charge is -2.19. The smallest absolute Gasteiger partial charge is 0.370 e. The Kier molecular flexibility index (Phi) is 16.4. The van der Waals surface area contributed by atoms with E-state index < -0.39 is 58.5 Å². The van der Waals surface area contributed by atoms with Crippen molar-refractivity contribution in [1.29, 1.82) is 0 Å². The van der Waals surface area contributed by atoms with Crippen LogP contribution in [-0.4, -0.2) is 58.4 Å². The summed E-state index contributed by atoms with van der Waals surface area (Å²) < 4.78 is 83.6. The Morgan fingerprint density at radius 3 is 1.68 bits per heavy atom. The molecule has 0 saturated heterocycles. The average molecular weight is 813 g/mol. The maximum absolute atomic E-state index is 14.0. The van der Waals surface area contributed by atoms with Crippen molar-refractivity contribution in [2.75, 3.05) is 40.1 Å². The van der Waals surface area contributed by atoms with Gasteiger partial charge in [-0.25, -0.2) is 9.97 Å². The third-order valence-corrected chi connectivity index (χ3v) is 8.97. The second kappa shape index (κ2) is 20.5. The van der Waals surface area contributed by atoms with Crippen molar-refractivity contribution in [2.45, 2.75) is 76.0 Å². The predicted molar refractivity (Wildman–Crippen MR) is 201 cm³/mol. The number of nitrogens with one attached hydrogen (secondary N) is 4. The highest BCUT2D eigenvalue weighted by Crippen LogP contribution is 2.41. The second-order valence-electron chi connectivity index (χ2n) is 12.2. The van der Waals surface area contributed by atoms with Crippen molar-refractivity contribution in [2.24, 2.45) is 22.2 Å². The number of unbranched alkanes of at least 4 members (excludes halogenated alkanes) is 3. The van der Waals surface area contributed by atoms with Crippen LogP contribution in [-0.2, 0) is 21.9 Å². The molecule has 0 unspecified atom stereocenters. The number of hydrogen-bond acceptors (Lipinski definition) is 9. The Morgan fingerprint density at radius 2 is 1.18 bits per heavy atom. The normalized spacial score (nSPS) is 11.4. The minimum absolute atomic E-state index is 0.0472. The topological polar surface area (TPSA) is 233 Å². The SMILES string of the molecule is CCCCCC(=O)Nc1cc(C(F)(F)F)cc(NC(=O)c2cc(C(=O)Nc3cc(C(F)(F)F)cc(NC(=O)CCCCN=C(N)N)c3SCCN)ncn2)c1C. The highest BCUT2D eigenvalue weighted by molar-refractivity contribution is 7.99. The molecule has 0 aliphatic carbocycles. The van der Waals surface area contributed by atoms with Crippen LogP contribution in [0.5, 0.6) is 0 Å². The summed E-state index contributed by atoms with van der Waals surface area (Å²) in [6.45, 7) is 3.64. The molecule has 0 aliphatic rings. The van der Waals surface area contributed by atoms with Gasteiger partial charge in [0.2, 0.25) is 11.8 Å². The van der Waals surface area contributed by atoms with E-state index in [0.29, 0.717) is 31.4 Å². The first-order chi connectivity index (χ1) is 26.3. The lowest BCUT2D eigenvalue weighted by molar-refractivity contribution is -0.138. The van der Waals surface area contributed by atoms with Crippen LogP contribution < -0.4 is 38.5 Å². The number of anilines is 4. The molecule has 0 atom stereocenters. The van der Waals surface area contributed by atoms with E-state index in [0.717, 1.165) is 49.1 Å². The summed E-state index contributed by atoms with van der Waals surface area (Å²) in [6, 6.07) is 3.68. The van der Waals surface area contributed by atoms with E-state index >= 15 is 0 Å². The lowest BCUT2D eigenvalue weighted by Crippen LogP contribution is -2.23. The number of rotatable bonds is 18. The summed E-state index contributed by atoms with van der Waals surface area (Å²) in [5.74, 6) is -3.24. The molecule has 1 aromatic heterocycles. The predicted octanol–water partition coefficient (Wildman–Crippen LogP) is 6.28. The van der Waals surface area contributed by atoms with Crippen LogP contribution in [0.1, 0.15) is 89.5 Å². The Morgan fingerprint density at radius 1 is 0.714 bits per heavy atom. The molecule has 21 heteroatoms. The number of hydrogen-bond donors (Lipinski definition) is 7. The van der Waals surface area contributed by atoms with Crippen molar-refractivity contribution >= 4 is 64.1 Å². The quantitative estimate of drug-likeness (QED) is 0.0250. The fourth-order valence-electron chi connectivity index (χ4n) is 4.98. The summed E-state index contributed by atoms with van der Waals surface area (Å²) in [4.78, 5) is 63.4. The van der Waals surface area contributed by atoms with Gasteiger partial charge < -0.3 is 38.5 Å². The number of aromatic nitrogens is 2. The number of carbonyl (C=O) groups excluding carboxylic acids is 4. The van der Waals surface area contributed by atoms with Gasteiger partial charge in [-0.2, -0.15) is 26.3 Å². The number of aliphatic imine (C=N–C) groups is 1. The molecule has 0 radical (unpaired) electrons. The standard InChI is InChI=1S/C35H42F6N10O4S/c1-3-4-5-8-28(52)48-22-13-20(34(36,37)38)14-23(19(22)2)50-31(54)26-17-27(47-18-46-26)32(55)51-25-16-21(35(39,40)41)15-24(30(25)56-12-10-42)49-29(53)9-6-7-11-45-33(43)44/h13-18H,3-12,42H2,1-2H3,(H,48,52)(H,49,53)(H,50,54)(H,51,55)(H4,43,44,45). The Labute approximate surface area is 322 Å². The van der Waals surface area contributed by atoms with Gasteiger partial charge in [0.05, 0.1) is 27.4 Å². The van der Waals surface area contributed by atoms with Gasteiger partial charge in [0, 0.05) is 49.1 Å². The maximum Gasteiger partial charge on any atom is 0.416 e. The second-order valence-corrected chi connectivity index (χ2v) is 13.3. The number of nitrogens with two attached hydrogens (primary N) is 3. The highest BCUT2D eigenvalue weighted by atomic mass is 32.2. The molecular formula is C35H42F6N10O4S. The van der Waals surface area contributed by atoms with E-state index in [4.69, 9.17) is 17.2 Å². The number of benzene rings is 2. The molecule has 3 rings (SSSR count). The number of alkyl halides is 6. The molecule has 0 saturated carbocycles. The first-order valence-electron chi connectivity index (χ1n) is 17.2. The third-order valence-electron chi connectivity index (χ3n) is 7.81. The van der Waals surface area contributed by atoms with Crippen molar-refractivity contribution < 1.29 is 45.5 Å². The lowest BCUT2D eigenvalue weighted by atomic mass is 10.1. The van der Waals surface area contributed by atoms with Gasteiger partial charge in [-0.05, 0) is 56.0 Å². The van der Waals surface area contributed by atoms with Crippen molar-refractivity contribution in [3.63, 3.8) is 0 Å². The van der Waals surface area contributed by atoms with Gasteiger partial charge in [0.1, 0.15) is 17.7 Å². The van der Waals surface area contributed by atoms with Crippen LogP contribution in [0.4, 0.5) is 49.1 Å². The molecular weight excluding hydrogens is 771 g/mol. The monoisotopic (exact) mass is 812 g/mol. The first-order valence-corrected chi connectivity index (χ1v) is 18.2. The molecule has 10 N–H and O–H groups in total. The number of carbonyl (C=O) groups is 4. The molecule has 4 amide bonds. The van der Waals surface area contributed by atoms with Crippen LogP contribution in [0.3, 0.4) is 0 Å². The number of guanidine groups is 1. The van der Waals surface area contributed by atoms with Crippen molar-refractivity contribution in [3.05, 3.63) is 64.7 Å². The fourth-order valence-corrected chi connectivity index (χ4v) is 5.83. The van der Waals surface area contributed by atoms with Gasteiger partial charge in [-0.1, -0.05) is 19.8 Å². The largest absolute Gasteiger partial charge is 0.416 e. The van der Waals surface area contributed by atoms with Crippen molar-refractivity contribution in [1.82, 2.24) is 9.97 Å². The van der Waals surface area contributed by atoms with Gasteiger partial charge in [0.25, 0.3) is 11.8 Å². The van der Waals surface area contributed by atoms with Gasteiger partial charge in [-0.15, -0.1) is 11.8 Å². The van der Waals surface area contributed by atoms with E-state index in [1.54, 1.807) is 0 Å². The summed E-state index contributed by atoms with van der Waals surface area (Å²) in [7, 11) is 0. The molecule has 14 nitrogen and oxygen atoms in total. The molecule has 0 spiro atoms. The highest BCUT2D eigenvalue weighted by Gasteiger charge is 2.34. The minimum atomic E-state index is -4.91. The van der Waals surface area contributed by atoms with Gasteiger partial charge in [-0.3, -0.25) is 24.2 Å². The zero-order chi connectivity index (χ0) is 41.6. The van der Waals surface area contributed by atoms with E-state index in [1.165, 1.54) is 6.92 Å². The Bertz CT molecular complexity index is 1920. The molecule has 0 aliphatic heterocycles. The van der Waals surface area contributed by atoms with Crippen LogP contribution in [0.25, 0.3) is 0 Å². The Balaban J connectivity index is 1.92. The van der Waals surface area contributed by atoms with E-state index in [9.17, 15) is 45.5 Å². The van der Waals surface area contributed by atoms with Gasteiger partial charge in [0.15, 0.2) is 5.96 Å². The molecule has 3 aromatic rings. The van der Waals surface area contributed by atoms with E-state index in [-0.39, 0.29) is 70.9 Å². The summed E-state index contributed by atoms with van der Waals surface area (Å²) in [5.41, 5.74) is 11.8. The summed E-state index contributed by atoms with van der Waals surface area (Å²) >= 11 is 0.960. The molecule has 1 heterocycles.